The number of likely N-dealkylation sites (tertiary alicyclic amines) is 1. The summed E-state index contributed by atoms with van der Waals surface area (Å²) in [4.78, 5) is 8.27. The summed E-state index contributed by atoms with van der Waals surface area (Å²) in [5.41, 5.74) is 1.59. The van der Waals surface area contributed by atoms with E-state index in [4.69, 9.17) is 0 Å². The van der Waals surface area contributed by atoms with E-state index < -0.39 is 0 Å². The highest BCUT2D eigenvalue weighted by atomic mass is 32.1. The van der Waals surface area contributed by atoms with Crippen molar-refractivity contribution in [2.45, 2.75) is 32.9 Å². The Bertz CT molecular complexity index is 737. The summed E-state index contributed by atoms with van der Waals surface area (Å²) in [5.74, 6) is 1.28. The summed E-state index contributed by atoms with van der Waals surface area (Å²) in [6.07, 6.45) is 2.41. The molecule has 0 radical (unpaired) electrons. The van der Waals surface area contributed by atoms with Crippen LogP contribution in [0.1, 0.15) is 28.8 Å². The van der Waals surface area contributed by atoms with Crippen LogP contribution in [-0.4, -0.2) is 37.5 Å². The van der Waals surface area contributed by atoms with Gasteiger partial charge in [0.05, 0.1) is 0 Å². The lowest BCUT2D eigenvalue weighted by Gasteiger charge is -2.32. The summed E-state index contributed by atoms with van der Waals surface area (Å²) in [7, 11) is 1.77. The van der Waals surface area contributed by atoms with Gasteiger partial charge >= 0.3 is 0 Å². The van der Waals surface area contributed by atoms with Gasteiger partial charge in [0, 0.05) is 31.6 Å². The van der Waals surface area contributed by atoms with E-state index in [-0.39, 0.29) is 5.82 Å². The van der Waals surface area contributed by atoms with Crippen molar-refractivity contribution in [3.8, 4) is 0 Å². The molecule has 0 atom stereocenters. The maximum atomic E-state index is 13.7. The van der Waals surface area contributed by atoms with E-state index in [2.05, 4.69) is 38.0 Å². The molecule has 1 fully saturated rings. The molecule has 1 aromatic carbocycles. The van der Waals surface area contributed by atoms with Crippen molar-refractivity contribution in [2.75, 3.05) is 26.7 Å². The third-order valence-corrected chi connectivity index (χ3v) is 6.01. The Balaban J connectivity index is 1.37. The highest BCUT2D eigenvalue weighted by Gasteiger charge is 2.19. The van der Waals surface area contributed by atoms with Crippen LogP contribution in [0, 0.1) is 18.7 Å². The van der Waals surface area contributed by atoms with Crippen molar-refractivity contribution >= 4 is 17.3 Å². The van der Waals surface area contributed by atoms with Crippen molar-refractivity contribution in [1.29, 1.82) is 0 Å². The Morgan fingerprint density at radius 2 is 2.07 bits per heavy atom. The van der Waals surface area contributed by atoms with Gasteiger partial charge in [-0.3, -0.25) is 9.89 Å². The van der Waals surface area contributed by atoms with E-state index >= 15 is 0 Å². The Morgan fingerprint density at radius 3 is 2.74 bits per heavy atom. The lowest BCUT2D eigenvalue weighted by Crippen LogP contribution is -2.42. The van der Waals surface area contributed by atoms with Crippen LogP contribution < -0.4 is 10.6 Å². The van der Waals surface area contributed by atoms with E-state index in [1.165, 1.54) is 17.7 Å². The number of aliphatic imine (C=N–C) groups is 1. The fraction of sp³-hybridized carbons (Fsp3) is 0.476. The lowest BCUT2D eigenvalue weighted by molar-refractivity contribution is 0.179. The van der Waals surface area contributed by atoms with Crippen LogP contribution in [0.25, 0.3) is 0 Å². The fourth-order valence-electron chi connectivity index (χ4n) is 3.37. The van der Waals surface area contributed by atoms with Crippen molar-refractivity contribution < 1.29 is 4.39 Å². The average Bonchev–Trinajstić information content (AvgIpc) is 3.19. The monoisotopic (exact) mass is 388 g/mol. The maximum Gasteiger partial charge on any atom is 0.191 e. The first-order chi connectivity index (χ1) is 13.1. The zero-order valence-electron chi connectivity index (χ0n) is 16.2. The quantitative estimate of drug-likeness (QED) is 0.584. The Morgan fingerprint density at radius 1 is 1.26 bits per heavy atom. The minimum Gasteiger partial charge on any atom is -0.356 e. The van der Waals surface area contributed by atoms with Gasteiger partial charge in [-0.05, 0) is 67.4 Å². The molecule has 0 aliphatic carbocycles. The van der Waals surface area contributed by atoms with Gasteiger partial charge in [-0.1, -0.05) is 18.2 Å². The summed E-state index contributed by atoms with van der Waals surface area (Å²) in [6.45, 7) is 6.65. The van der Waals surface area contributed by atoms with Gasteiger partial charge in [0.15, 0.2) is 5.96 Å². The van der Waals surface area contributed by atoms with E-state index in [1.807, 2.05) is 23.5 Å². The number of nitrogens with zero attached hydrogens (tertiary/aromatic N) is 2. The molecule has 0 amide bonds. The second kappa shape index (κ2) is 9.85. The van der Waals surface area contributed by atoms with Gasteiger partial charge < -0.3 is 10.6 Å². The molecule has 0 bridgehead atoms. The molecule has 27 heavy (non-hydrogen) atoms. The minimum atomic E-state index is -0.161. The Hall–Kier alpha value is -1.92. The molecule has 3 rings (SSSR count). The number of hydrogen-bond donors (Lipinski definition) is 2. The number of aryl methyl sites for hydroxylation is 1. The smallest absolute Gasteiger partial charge is 0.191 e. The second-order valence-electron chi connectivity index (χ2n) is 7.19. The molecule has 146 valence electrons. The van der Waals surface area contributed by atoms with Gasteiger partial charge in [-0.25, -0.2) is 4.39 Å². The van der Waals surface area contributed by atoms with E-state index in [1.54, 1.807) is 20.0 Å². The molecule has 1 aromatic heterocycles. The van der Waals surface area contributed by atoms with Crippen LogP contribution in [0.5, 0.6) is 0 Å². The van der Waals surface area contributed by atoms with Crippen LogP contribution >= 0.6 is 11.3 Å². The number of benzene rings is 1. The molecule has 2 aromatic rings. The zero-order chi connectivity index (χ0) is 19.1. The molecule has 0 unspecified atom stereocenters. The fourth-order valence-corrected chi connectivity index (χ4v) is 4.11. The molecule has 2 N–H and O–H groups in total. The number of halogens is 1. The highest BCUT2D eigenvalue weighted by Crippen LogP contribution is 2.20. The van der Waals surface area contributed by atoms with Crippen LogP contribution in [0.3, 0.4) is 0 Å². The van der Waals surface area contributed by atoms with Crippen molar-refractivity contribution in [2.24, 2.45) is 10.9 Å². The average molecular weight is 389 g/mol. The zero-order valence-corrected chi connectivity index (χ0v) is 17.0. The molecule has 0 spiro atoms. The molecule has 0 saturated carbocycles. The van der Waals surface area contributed by atoms with Gasteiger partial charge in [-0.15, -0.1) is 11.3 Å². The third kappa shape index (κ3) is 6.04. The largest absolute Gasteiger partial charge is 0.356 e. The van der Waals surface area contributed by atoms with Crippen LogP contribution in [0.15, 0.2) is 40.7 Å². The number of hydrogen-bond acceptors (Lipinski definition) is 3. The predicted octanol–water partition coefficient (Wildman–Crippen LogP) is 3.77. The maximum absolute atomic E-state index is 13.7. The third-order valence-electron chi connectivity index (χ3n) is 5.14. The van der Waals surface area contributed by atoms with Gasteiger partial charge in [0.25, 0.3) is 0 Å². The first kappa shape index (κ1) is 19.8. The molecule has 1 aliphatic heterocycles. The normalized spacial score (nSPS) is 16.5. The first-order valence-electron chi connectivity index (χ1n) is 9.58. The number of piperidine rings is 1. The topological polar surface area (TPSA) is 39.7 Å². The first-order valence-corrected chi connectivity index (χ1v) is 10.5. The molecule has 1 aliphatic rings. The SMILES string of the molecule is CN=C(NCc1ccc(C)c(F)c1)NCC1CCN(Cc2cccs2)CC1. The summed E-state index contributed by atoms with van der Waals surface area (Å²) in [5, 5.41) is 8.85. The minimum absolute atomic E-state index is 0.161. The van der Waals surface area contributed by atoms with Gasteiger partial charge in [-0.2, -0.15) is 0 Å². The van der Waals surface area contributed by atoms with E-state index in [0.717, 1.165) is 37.7 Å². The Kier molecular flexibility index (Phi) is 7.24. The molecular weight excluding hydrogens is 359 g/mol. The molecule has 1 saturated heterocycles. The Labute approximate surface area is 165 Å². The number of nitrogens with one attached hydrogen (secondary N) is 2. The van der Waals surface area contributed by atoms with Crippen molar-refractivity contribution in [3.05, 3.63) is 57.5 Å². The van der Waals surface area contributed by atoms with Crippen LogP contribution in [-0.2, 0) is 13.1 Å². The lowest BCUT2D eigenvalue weighted by atomic mass is 9.97. The van der Waals surface area contributed by atoms with Crippen LogP contribution in [0.2, 0.25) is 0 Å². The highest BCUT2D eigenvalue weighted by molar-refractivity contribution is 7.09. The summed E-state index contributed by atoms with van der Waals surface area (Å²) in [6, 6.07) is 9.68. The van der Waals surface area contributed by atoms with Crippen molar-refractivity contribution in [1.82, 2.24) is 15.5 Å². The number of guanidine groups is 1. The molecular formula is C21H29FN4S. The van der Waals surface area contributed by atoms with Gasteiger partial charge in [0.2, 0.25) is 0 Å². The van der Waals surface area contributed by atoms with E-state index in [9.17, 15) is 4.39 Å². The molecule has 4 nitrogen and oxygen atoms in total. The predicted molar refractivity (Wildman–Crippen MR) is 112 cm³/mol. The summed E-state index contributed by atoms with van der Waals surface area (Å²) >= 11 is 1.84. The van der Waals surface area contributed by atoms with Crippen LogP contribution in [0.4, 0.5) is 4.39 Å². The van der Waals surface area contributed by atoms with E-state index in [0.29, 0.717) is 18.0 Å². The molecule has 6 heteroatoms. The molecule has 2 heterocycles. The van der Waals surface area contributed by atoms with Gasteiger partial charge in [0.1, 0.15) is 5.82 Å². The summed E-state index contributed by atoms with van der Waals surface area (Å²) < 4.78 is 13.7. The standard InChI is InChI=1S/C21H29FN4S/c1-16-5-6-18(12-20(16)22)14-25-21(23-2)24-13-17-7-9-26(10-8-17)15-19-4-3-11-27-19/h3-6,11-12,17H,7-10,13-15H2,1-2H3,(H2,23,24,25). The second-order valence-corrected chi connectivity index (χ2v) is 8.22. The van der Waals surface area contributed by atoms with Crippen molar-refractivity contribution in [3.63, 3.8) is 0 Å². The number of thiophene rings is 1. The number of rotatable bonds is 6.